The van der Waals surface area contributed by atoms with Gasteiger partial charge in [-0.3, -0.25) is 9.48 Å². The maximum Gasteiger partial charge on any atom is 0.183 e. The molecule has 1 atom stereocenters. The van der Waals surface area contributed by atoms with Crippen LogP contribution in [0.3, 0.4) is 0 Å². The number of carbonyl (C=O) groups excluding carboxylic acids is 1. The maximum atomic E-state index is 12.1. The smallest absolute Gasteiger partial charge is 0.183 e. The summed E-state index contributed by atoms with van der Waals surface area (Å²) in [6.07, 6.45) is 3.66. The Balaban J connectivity index is 2.84. The Bertz CT molecular complexity index is 387. The van der Waals surface area contributed by atoms with E-state index >= 15 is 0 Å². The Morgan fingerprint density at radius 2 is 2.24 bits per heavy atom. The topological polar surface area (TPSA) is 60.9 Å². The second-order valence-corrected chi connectivity index (χ2v) is 4.96. The van der Waals surface area contributed by atoms with Crippen LogP contribution in [0.25, 0.3) is 0 Å². The highest BCUT2D eigenvalue weighted by Gasteiger charge is 2.20. The summed E-state index contributed by atoms with van der Waals surface area (Å²) in [5, 5.41) is 4.52. The standard InChI is InChI=1S/C12H20ClN3O/c1-4-5-9(14)6-11(17)12-10(13)7-15-16(12)8(2)3/h7-9H,4-6,14H2,1-3H3. The lowest BCUT2D eigenvalue weighted by Crippen LogP contribution is -2.25. The van der Waals surface area contributed by atoms with Gasteiger partial charge in [-0.25, -0.2) is 0 Å². The quantitative estimate of drug-likeness (QED) is 0.797. The fourth-order valence-electron chi connectivity index (χ4n) is 1.80. The van der Waals surface area contributed by atoms with Gasteiger partial charge >= 0.3 is 0 Å². The molecule has 0 spiro atoms. The summed E-state index contributed by atoms with van der Waals surface area (Å²) < 4.78 is 1.66. The number of hydrogen-bond acceptors (Lipinski definition) is 3. The summed E-state index contributed by atoms with van der Waals surface area (Å²) in [4.78, 5) is 12.1. The SMILES string of the molecule is CCCC(N)CC(=O)c1c(Cl)cnn1C(C)C. The van der Waals surface area contributed by atoms with Gasteiger partial charge in [0.25, 0.3) is 0 Å². The molecule has 0 aliphatic rings. The van der Waals surface area contributed by atoms with E-state index in [1.807, 2.05) is 13.8 Å². The van der Waals surface area contributed by atoms with Crippen molar-refractivity contribution in [2.24, 2.45) is 5.73 Å². The molecule has 1 rings (SSSR count). The molecule has 0 saturated heterocycles. The van der Waals surface area contributed by atoms with Crippen molar-refractivity contribution in [3.05, 3.63) is 16.9 Å². The van der Waals surface area contributed by atoms with E-state index in [1.165, 1.54) is 6.20 Å². The zero-order chi connectivity index (χ0) is 13.0. The van der Waals surface area contributed by atoms with Crippen molar-refractivity contribution in [3.63, 3.8) is 0 Å². The number of Topliss-reactive ketones (excluding diaryl/α,β-unsaturated/α-hetero) is 1. The molecule has 1 unspecified atom stereocenters. The van der Waals surface area contributed by atoms with Crippen LogP contribution in [0, 0.1) is 0 Å². The first-order chi connectivity index (χ1) is 7.97. The van der Waals surface area contributed by atoms with Crippen LogP contribution in [0.2, 0.25) is 5.02 Å². The van der Waals surface area contributed by atoms with Crippen LogP contribution in [0.15, 0.2) is 6.20 Å². The Morgan fingerprint density at radius 3 is 2.76 bits per heavy atom. The maximum absolute atomic E-state index is 12.1. The molecule has 1 aromatic rings. The number of halogens is 1. The van der Waals surface area contributed by atoms with Crippen LogP contribution in [-0.4, -0.2) is 21.6 Å². The van der Waals surface area contributed by atoms with Crippen LogP contribution in [0.4, 0.5) is 0 Å². The Morgan fingerprint density at radius 1 is 1.59 bits per heavy atom. The first kappa shape index (κ1) is 14.2. The van der Waals surface area contributed by atoms with E-state index in [9.17, 15) is 4.79 Å². The van der Waals surface area contributed by atoms with Gasteiger partial charge in [-0.1, -0.05) is 24.9 Å². The molecular formula is C12H20ClN3O. The average molecular weight is 258 g/mol. The van der Waals surface area contributed by atoms with Gasteiger partial charge in [-0.15, -0.1) is 0 Å². The lowest BCUT2D eigenvalue weighted by atomic mass is 10.0. The Hall–Kier alpha value is -0.870. The van der Waals surface area contributed by atoms with Crippen LogP contribution < -0.4 is 5.73 Å². The highest BCUT2D eigenvalue weighted by atomic mass is 35.5. The van der Waals surface area contributed by atoms with Gasteiger partial charge in [0.1, 0.15) is 5.69 Å². The van der Waals surface area contributed by atoms with E-state index in [0.29, 0.717) is 17.1 Å². The zero-order valence-corrected chi connectivity index (χ0v) is 11.4. The third kappa shape index (κ3) is 3.54. The van der Waals surface area contributed by atoms with E-state index in [0.717, 1.165) is 12.8 Å². The van der Waals surface area contributed by atoms with E-state index in [-0.39, 0.29) is 17.9 Å². The van der Waals surface area contributed by atoms with E-state index in [4.69, 9.17) is 17.3 Å². The molecule has 0 aliphatic carbocycles. The Kier molecular flexibility index (Phi) is 5.15. The summed E-state index contributed by atoms with van der Waals surface area (Å²) in [6, 6.07) is 0.0166. The Labute approximate surface area is 107 Å². The summed E-state index contributed by atoms with van der Waals surface area (Å²) in [5.41, 5.74) is 6.35. The molecule has 2 N–H and O–H groups in total. The molecule has 0 amide bonds. The highest BCUT2D eigenvalue weighted by molar-refractivity contribution is 6.33. The summed E-state index contributed by atoms with van der Waals surface area (Å²) >= 11 is 6.00. The molecule has 0 fully saturated rings. The van der Waals surface area contributed by atoms with Crippen molar-refractivity contribution in [2.75, 3.05) is 0 Å². The van der Waals surface area contributed by atoms with Gasteiger partial charge < -0.3 is 5.73 Å². The van der Waals surface area contributed by atoms with Crippen LogP contribution in [-0.2, 0) is 0 Å². The van der Waals surface area contributed by atoms with E-state index < -0.39 is 0 Å². The fraction of sp³-hybridized carbons (Fsp3) is 0.667. The molecule has 0 saturated carbocycles. The molecule has 5 heteroatoms. The molecule has 1 aromatic heterocycles. The van der Waals surface area contributed by atoms with Gasteiger partial charge in [0.15, 0.2) is 5.78 Å². The number of nitrogens with zero attached hydrogens (tertiary/aromatic N) is 2. The minimum Gasteiger partial charge on any atom is -0.327 e. The minimum absolute atomic E-state index is 0.0258. The predicted octanol–water partition coefficient (Wildman–Crippen LogP) is 2.82. The molecule has 4 nitrogen and oxygen atoms in total. The van der Waals surface area contributed by atoms with Crippen molar-refractivity contribution in [2.45, 2.75) is 52.1 Å². The first-order valence-electron chi connectivity index (χ1n) is 5.99. The monoisotopic (exact) mass is 257 g/mol. The molecule has 1 heterocycles. The molecule has 0 aliphatic heterocycles. The third-order valence-electron chi connectivity index (χ3n) is 2.61. The first-order valence-corrected chi connectivity index (χ1v) is 6.36. The second-order valence-electron chi connectivity index (χ2n) is 4.56. The van der Waals surface area contributed by atoms with Gasteiger partial charge in [0.2, 0.25) is 0 Å². The second kappa shape index (κ2) is 6.17. The van der Waals surface area contributed by atoms with Crippen molar-refractivity contribution in [1.29, 1.82) is 0 Å². The number of ketones is 1. The number of hydrogen-bond donors (Lipinski definition) is 1. The van der Waals surface area contributed by atoms with Crippen molar-refractivity contribution in [1.82, 2.24) is 9.78 Å². The predicted molar refractivity (Wildman–Crippen MR) is 69.5 cm³/mol. The largest absolute Gasteiger partial charge is 0.327 e. The molecule has 0 bridgehead atoms. The average Bonchev–Trinajstić information content (AvgIpc) is 2.60. The normalized spacial score (nSPS) is 13.1. The lowest BCUT2D eigenvalue weighted by Gasteiger charge is -2.13. The van der Waals surface area contributed by atoms with Crippen molar-refractivity contribution >= 4 is 17.4 Å². The zero-order valence-electron chi connectivity index (χ0n) is 10.6. The summed E-state index contributed by atoms with van der Waals surface area (Å²) in [5.74, 6) is -0.0258. The van der Waals surface area contributed by atoms with Crippen LogP contribution in [0.5, 0.6) is 0 Å². The van der Waals surface area contributed by atoms with Gasteiger partial charge in [-0.2, -0.15) is 5.10 Å². The van der Waals surface area contributed by atoms with Crippen LogP contribution in [0.1, 0.15) is 56.6 Å². The number of rotatable bonds is 6. The van der Waals surface area contributed by atoms with Crippen LogP contribution >= 0.6 is 11.6 Å². The molecular weight excluding hydrogens is 238 g/mol. The van der Waals surface area contributed by atoms with Crippen molar-refractivity contribution < 1.29 is 4.79 Å². The molecule has 0 aromatic carbocycles. The van der Waals surface area contributed by atoms with E-state index in [2.05, 4.69) is 12.0 Å². The minimum atomic E-state index is -0.0981. The summed E-state index contributed by atoms with van der Waals surface area (Å²) in [6.45, 7) is 5.98. The molecule has 96 valence electrons. The number of aromatic nitrogens is 2. The van der Waals surface area contributed by atoms with Gasteiger partial charge in [0.05, 0.1) is 11.2 Å². The number of nitrogens with two attached hydrogens (primary N) is 1. The van der Waals surface area contributed by atoms with E-state index in [1.54, 1.807) is 4.68 Å². The lowest BCUT2D eigenvalue weighted by molar-refractivity contribution is 0.0961. The van der Waals surface area contributed by atoms with Gasteiger partial charge in [0, 0.05) is 18.5 Å². The fourth-order valence-corrected chi connectivity index (χ4v) is 2.04. The molecule has 17 heavy (non-hydrogen) atoms. The third-order valence-corrected chi connectivity index (χ3v) is 2.89. The van der Waals surface area contributed by atoms with Crippen molar-refractivity contribution in [3.8, 4) is 0 Å². The molecule has 0 radical (unpaired) electrons. The number of carbonyl (C=O) groups is 1. The summed E-state index contributed by atoms with van der Waals surface area (Å²) in [7, 11) is 0. The highest BCUT2D eigenvalue weighted by Crippen LogP contribution is 2.21. The van der Waals surface area contributed by atoms with Gasteiger partial charge in [-0.05, 0) is 20.3 Å².